The minimum absolute atomic E-state index is 0.338. The summed E-state index contributed by atoms with van der Waals surface area (Å²) in [6.07, 6.45) is 3.66. The van der Waals surface area contributed by atoms with Gasteiger partial charge in [0.05, 0.1) is 0 Å². The third-order valence-electron chi connectivity index (χ3n) is 4.07. The SMILES string of the molecule is CNCc1cc(CN2CC=C(C(C)(C)C)CC2)c(C)s1. The number of hydrogen-bond donors (Lipinski definition) is 1. The molecule has 0 amide bonds. The van der Waals surface area contributed by atoms with Crippen molar-refractivity contribution < 1.29 is 0 Å². The Morgan fingerprint density at radius 3 is 2.65 bits per heavy atom. The third-order valence-corrected chi connectivity index (χ3v) is 5.17. The van der Waals surface area contributed by atoms with Crippen LogP contribution in [-0.4, -0.2) is 25.0 Å². The minimum Gasteiger partial charge on any atom is -0.315 e. The van der Waals surface area contributed by atoms with E-state index in [4.69, 9.17) is 0 Å². The average Bonchev–Trinajstić information content (AvgIpc) is 2.70. The summed E-state index contributed by atoms with van der Waals surface area (Å²) in [5.74, 6) is 0. The van der Waals surface area contributed by atoms with Crippen LogP contribution in [0.2, 0.25) is 0 Å². The van der Waals surface area contributed by atoms with Crippen molar-refractivity contribution >= 4 is 11.3 Å². The van der Waals surface area contributed by atoms with Crippen LogP contribution < -0.4 is 5.32 Å². The summed E-state index contributed by atoms with van der Waals surface area (Å²) >= 11 is 1.93. The monoisotopic (exact) mass is 292 g/mol. The van der Waals surface area contributed by atoms with Crippen LogP contribution in [0, 0.1) is 12.3 Å². The van der Waals surface area contributed by atoms with E-state index in [1.807, 2.05) is 18.4 Å². The Morgan fingerprint density at radius 1 is 1.35 bits per heavy atom. The van der Waals surface area contributed by atoms with Gasteiger partial charge >= 0.3 is 0 Å². The maximum atomic E-state index is 3.24. The van der Waals surface area contributed by atoms with E-state index in [0.717, 1.165) is 19.6 Å². The number of thiophene rings is 1. The van der Waals surface area contributed by atoms with Crippen LogP contribution in [0.5, 0.6) is 0 Å². The van der Waals surface area contributed by atoms with Gasteiger partial charge in [-0.15, -0.1) is 11.3 Å². The lowest BCUT2D eigenvalue weighted by atomic mass is 9.83. The van der Waals surface area contributed by atoms with Crippen LogP contribution in [0.4, 0.5) is 0 Å². The van der Waals surface area contributed by atoms with E-state index in [0.29, 0.717) is 5.41 Å². The molecule has 0 aliphatic carbocycles. The molecule has 0 fully saturated rings. The van der Waals surface area contributed by atoms with Crippen LogP contribution in [0.3, 0.4) is 0 Å². The Balaban J connectivity index is 1.97. The number of nitrogens with one attached hydrogen (secondary N) is 1. The Labute approximate surface area is 127 Å². The molecule has 1 aliphatic rings. The molecule has 1 aromatic heterocycles. The molecule has 0 spiro atoms. The first-order valence-electron chi connectivity index (χ1n) is 7.55. The standard InChI is InChI=1S/C17H28N2S/c1-13-14(10-16(20-13)11-18-5)12-19-8-6-15(7-9-19)17(2,3)4/h6,10,18H,7-9,11-12H2,1-5H3. The van der Waals surface area contributed by atoms with E-state index in [-0.39, 0.29) is 0 Å². The molecular weight excluding hydrogens is 264 g/mol. The van der Waals surface area contributed by atoms with E-state index in [2.05, 4.69) is 50.1 Å². The molecule has 0 unspecified atom stereocenters. The number of aryl methyl sites for hydroxylation is 1. The largest absolute Gasteiger partial charge is 0.315 e. The lowest BCUT2D eigenvalue weighted by molar-refractivity contribution is 0.271. The summed E-state index contributed by atoms with van der Waals surface area (Å²) in [4.78, 5) is 5.48. The maximum absolute atomic E-state index is 3.24. The first kappa shape index (κ1) is 15.7. The lowest BCUT2D eigenvalue weighted by Crippen LogP contribution is -2.30. The van der Waals surface area contributed by atoms with Gasteiger partial charge in [-0.3, -0.25) is 4.90 Å². The van der Waals surface area contributed by atoms with E-state index < -0.39 is 0 Å². The fraction of sp³-hybridized carbons (Fsp3) is 0.647. The second-order valence-electron chi connectivity index (χ2n) is 6.79. The summed E-state index contributed by atoms with van der Waals surface area (Å²) < 4.78 is 0. The molecule has 20 heavy (non-hydrogen) atoms. The zero-order valence-corrected chi connectivity index (χ0v) is 14.4. The van der Waals surface area contributed by atoms with Crippen LogP contribution in [-0.2, 0) is 13.1 Å². The molecule has 0 atom stereocenters. The maximum Gasteiger partial charge on any atom is 0.0296 e. The van der Waals surface area contributed by atoms with Gasteiger partial charge in [0, 0.05) is 35.9 Å². The molecule has 1 aliphatic heterocycles. The molecular formula is C17H28N2S. The number of nitrogens with zero attached hydrogens (tertiary/aromatic N) is 1. The summed E-state index contributed by atoms with van der Waals surface area (Å²) in [6.45, 7) is 13.6. The topological polar surface area (TPSA) is 15.3 Å². The summed E-state index contributed by atoms with van der Waals surface area (Å²) in [7, 11) is 2.01. The summed E-state index contributed by atoms with van der Waals surface area (Å²) in [5.41, 5.74) is 3.46. The quantitative estimate of drug-likeness (QED) is 0.845. The van der Waals surface area contributed by atoms with Crippen LogP contribution in [0.25, 0.3) is 0 Å². The minimum atomic E-state index is 0.338. The van der Waals surface area contributed by atoms with Gasteiger partial charge in [-0.25, -0.2) is 0 Å². The van der Waals surface area contributed by atoms with Crippen LogP contribution >= 0.6 is 11.3 Å². The van der Waals surface area contributed by atoms with Crippen molar-refractivity contribution in [3.05, 3.63) is 33.0 Å². The zero-order valence-electron chi connectivity index (χ0n) is 13.5. The highest BCUT2D eigenvalue weighted by molar-refractivity contribution is 7.12. The second kappa shape index (κ2) is 6.42. The van der Waals surface area contributed by atoms with Gasteiger partial charge in [0.25, 0.3) is 0 Å². The molecule has 0 aromatic carbocycles. The van der Waals surface area contributed by atoms with Crippen molar-refractivity contribution in [2.24, 2.45) is 5.41 Å². The van der Waals surface area contributed by atoms with E-state index in [1.54, 1.807) is 5.57 Å². The van der Waals surface area contributed by atoms with Gasteiger partial charge in [-0.2, -0.15) is 0 Å². The fourth-order valence-electron chi connectivity index (χ4n) is 2.78. The molecule has 0 saturated heterocycles. The Hall–Kier alpha value is -0.640. The number of rotatable bonds is 4. The highest BCUT2D eigenvalue weighted by Gasteiger charge is 2.21. The van der Waals surface area contributed by atoms with Gasteiger partial charge < -0.3 is 5.32 Å². The molecule has 112 valence electrons. The lowest BCUT2D eigenvalue weighted by Gasteiger charge is -2.32. The van der Waals surface area contributed by atoms with Crippen LogP contribution in [0.1, 0.15) is 42.5 Å². The smallest absolute Gasteiger partial charge is 0.0296 e. The van der Waals surface area contributed by atoms with Crippen molar-refractivity contribution in [1.29, 1.82) is 0 Å². The zero-order chi connectivity index (χ0) is 14.8. The molecule has 0 bridgehead atoms. The van der Waals surface area contributed by atoms with Gasteiger partial charge in [0.15, 0.2) is 0 Å². The van der Waals surface area contributed by atoms with Crippen molar-refractivity contribution in [3.8, 4) is 0 Å². The van der Waals surface area contributed by atoms with Crippen molar-refractivity contribution in [1.82, 2.24) is 10.2 Å². The molecule has 2 nitrogen and oxygen atoms in total. The van der Waals surface area contributed by atoms with Gasteiger partial charge in [0.1, 0.15) is 0 Å². The molecule has 0 saturated carbocycles. The van der Waals surface area contributed by atoms with E-state index >= 15 is 0 Å². The van der Waals surface area contributed by atoms with Gasteiger partial charge in [0.2, 0.25) is 0 Å². The van der Waals surface area contributed by atoms with Gasteiger partial charge in [-0.1, -0.05) is 32.4 Å². The van der Waals surface area contributed by atoms with Crippen molar-refractivity contribution in [3.63, 3.8) is 0 Å². The molecule has 3 heteroatoms. The number of hydrogen-bond acceptors (Lipinski definition) is 3. The Bertz CT molecular complexity index is 480. The predicted molar refractivity (Wildman–Crippen MR) is 89.3 cm³/mol. The van der Waals surface area contributed by atoms with E-state index in [9.17, 15) is 0 Å². The predicted octanol–water partition coefficient (Wildman–Crippen LogP) is 3.95. The van der Waals surface area contributed by atoms with E-state index in [1.165, 1.54) is 28.3 Å². The first-order valence-corrected chi connectivity index (χ1v) is 8.36. The normalized spacial score (nSPS) is 17.4. The first-order chi connectivity index (χ1) is 9.40. The summed E-state index contributed by atoms with van der Waals surface area (Å²) in [5, 5.41) is 3.24. The molecule has 1 aromatic rings. The molecule has 0 radical (unpaired) electrons. The fourth-order valence-corrected chi connectivity index (χ4v) is 3.85. The highest BCUT2D eigenvalue weighted by Crippen LogP contribution is 2.31. The van der Waals surface area contributed by atoms with Gasteiger partial charge in [-0.05, 0) is 37.4 Å². The molecule has 2 rings (SSSR count). The third kappa shape index (κ3) is 3.94. The van der Waals surface area contributed by atoms with Crippen molar-refractivity contribution in [2.45, 2.75) is 47.2 Å². The molecule has 1 N–H and O–H groups in total. The average molecular weight is 292 g/mol. The summed E-state index contributed by atoms with van der Waals surface area (Å²) in [6, 6.07) is 2.37. The Morgan fingerprint density at radius 2 is 2.10 bits per heavy atom. The molecule has 2 heterocycles. The highest BCUT2D eigenvalue weighted by atomic mass is 32.1. The second-order valence-corrected chi connectivity index (χ2v) is 8.13. The van der Waals surface area contributed by atoms with Crippen molar-refractivity contribution in [2.75, 3.05) is 20.1 Å². The Kier molecular flexibility index (Phi) is 5.05. The van der Waals surface area contributed by atoms with Crippen LogP contribution in [0.15, 0.2) is 17.7 Å².